The molecule has 0 saturated heterocycles. The highest BCUT2D eigenvalue weighted by atomic mass is 32.1. The molecule has 1 aromatic heterocycles. The van der Waals surface area contributed by atoms with Crippen molar-refractivity contribution in [1.82, 2.24) is 4.98 Å². The van der Waals surface area contributed by atoms with Gasteiger partial charge < -0.3 is 4.74 Å². The van der Waals surface area contributed by atoms with Gasteiger partial charge in [0, 0.05) is 16.6 Å². The summed E-state index contributed by atoms with van der Waals surface area (Å²) < 4.78 is 5.63. The van der Waals surface area contributed by atoms with Crippen LogP contribution in [-0.4, -0.2) is 12.1 Å². The van der Waals surface area contributed by atoms with Crippen molar-refractivity contribution >= 4 is 11.3 Å². The van der Waals surface area contributed by atoms with Gasteiger partial charge in [-0.15, -0.1) is 11.3 Å². The second-order valence-electron chi connectivity index (χ2n) is 5.43. The second-order valence-corrected chi connectivity index (χ2v) is 6.29. The van der Waals surface area contributed by atoms with Crippen molar-refractivity contribution in [2.24, 2.45) is 0 Å². The minimum atomic E-state index is 0.0632. The van der Waals surface area contributed by atoms with Gasteiger partial charge in [0.25, 0.3) is 0 Å². The van der Waals surface area contributed by atoms with E-state index in [1.54, 1.807) is 18.4 Å². The first-order valence-corrected chi connectivity index (χ1v) is 6.91. The van der Waals surface area contributed by atoms with Crippen LogP contribution in [0, 0.1) is 6.92 Å². The van der Waals surface area contributed by atoms with E-state index < -0.39 is 0 Å². The van der Waals surface area contributed by atoms with Crippen molar-refractivity contribution in [3.63, 3.8) is 0 Å². The number of hydrogen-bond donors (Lipinski definition) is 0. The predicted molar refractivity (Wildman–Crippen MR) is 77.5 cm³/mol. The molecule has 2 aromatic rings. The molecule has 2 rings (SSSR count). The van der Waals surface area contributed by atoms with Crippen LogP contribution in [-0.2, 0) is 5.41 Å². The lowest BCUT2D eigenvalue weighted by Crippen LogP contribution is -2.13. The highest BCUT2D eigenvalue weighted by Gasteiger charge is 2.22. The Hall–Kier alpha value is -1.35. The van der Waals surface area contributed by atoms with Gasteiger partial charge in [-0.25, -0.2) is 4.98 Å². The quantitative estimate of drug-likeness (QED) is 0.798. The summed E-state index contributed by atoms with van der Waals surface area (Å²) in [6.45, 7) is 8.60. The Morgan fingerprint density at radius 1 is 1.22 bits per heavy atom. The Balaban J connectivity index is 2.62. The Bertz CT molecular complexity index is 552. The molecule has 1 heterocycles. The van der Waals surface area contributed by atoms with Gasteiger partial charge in [0.1, 0.15) is 10.8 Å². The minimum Gasteiger partial charge on any atom is -0.496 e. The summed E-state index contributed by atoms with van der Waals surface area (Å²) in [5, 5.41) is 3.09. The van der Waals surface area contributed by atoms with Crippen LogP contribution in [0.3, 0.4) is 0 Å². The van der Waals surface area contributed by atoms with Gasteiger partial charge in [0.05, 0.1) is 12.7 Å². The number of benzene rings is 1. The molecular formula is C15H19NOS. The maximum atomic E-state index is 5.63. The highest BCUT2D eigenvalue weighted by Crippen LogP contribution is 2.39. The van der Waals surface area contributed by atoms with E-state index in [-0.39, 0.29) is 5.41 Å². The van der Waals surface area contributed by atoms with E-state index in [2.05, 4.69) is 49.3 Å². The summed E-state index contributed by atoms with van der Waals surface area (Å²) in [4.78, 5) is 4.55. The van der Waals surface area contributed by atoms with Crippen molar-refractivity contribution < 1.29 is 4.74 Å². The zero-order valence-electron chi connectivity index (χ0n) is 11.6. The topological polar surface area (TPSA) is 22.1 Å². The van der Waals surface area contributed by atoms with Gasteiger partial charge in [0.15, 0.2) is 0 Å². The summed E-state index contributed by atoms with van der Waals surface area (Å²) in [6, 6.07) is 6.28. The van der Waals surface area contributed by atoms with Crippen LogP contribution in [0.2, 0.25) is 0 Å². The average Bonchev–Trinajstić information content (AvgIpc) is 2.73. The van der Waals surface area contributed by atoms with Gasteiger partial charge in [-0.3, -0.25) is 0 Å². The molecule has 1 aromatic carbocycles. The zero-order valence-corrected chi connectivity index (χ0v) is 12.4. The Labute approximate surface area is 113 Å². The first-order valence-electron chi connectivity index (χ1n) is 6.03. The van der Waals surface area contributed by atoms with Crippen molar-refractivity contribution in [2.75, 3.05) is 7.11 Å². The van der Waals surface area contributed by atoms with E-state index in [1.165, 1.54) is 5.56 Å². The number of para-hydroxylation sites is 1. The lowest BCUT2D eigenvalue weighted by molar-refractivity contribution is 0.399. The van der Waals surface area contributed by atoms with Crippen LogP contribution in [0.25, 0.3) is 10.6 Å². The number of aryl methyl sites for hydroxylation is 1. The van der Waals surface area contributed by atoms with Gasteiger partial charge in [-0.1, -0.05) is 32.9 Å². The SMILES string of the molecule is COc1c(-c2nc(C)cs2)cccc1C(C)(C)C. The molecule has 0 aliphatic heterocycles. The molecule has 0 unspecified atom stereocenters. The van der Waals surface area contributed by atoms with Crippen molar-refractivity contribution in [2.45, 2.75) is 33.1 Å². The number of rotatable bonds is 2. The number of methoxy groups -OCH3 is 1. The Kier molecular flexibility index (Phi) is 3.44. The van der Waals surface area contributed by atoms with Crippen molar-refractivity contribution in [3.8, 4) is 16.3 Å². The Morgan fingerprint density at radius 2 is 1.94 bits per heavy atom. The van der Waals surface area contributed by atoms with E-state index in [0.29, 0.717) is 0 Å². The number of thiazole rings is 1. The molecule has 18 heavy (non-hydrogen) atoms. The third-order valence-electron chi connectivity index (χ3n) is 2.88. The lowest BCUT2D eigenvalue weighted by Gasteiger charge is -2.23. The molecule has 0 amide bonds. The van der Waals surface area contributed by atoms with Gasteiger partial charge in [0.2, 0.25) is 0 Å². The fraction of sp³-hybridized carbons (Fsp3) is 0.400. The maximum absolute atomic E-state index is 5.63. The number of nitrogens with zero attached hydrogens (tertiary/aromatic N) is 1. The van der Waals surface area contributed by atoms with E-state index in [0.717, 1.165) is 22.0 Å². The molecule has 0 N–H and O–H groups in total. The highest BCUT2D eigenvalue weighted by molar-refractivity contribution is 7.13. The predicted octanol–water partition coefficient (Wildman–Crippen LogP) is 4.42. The van der Waals surface area contributed by atoms with Crippen LogP contribution >= 0.6 is 11.3 Å². The van der Waals surface area contributed by atoms with Gasteiger partial charge >= 0.3 is 0 Å². The van der Waals surface area contributed by atoms with E-state index in [4.69, 9.17) is 4.74 Å². The molecule has 0 aliphatic carbocycles. The largest absolute Gasteiger partial charge is 0.496 e. The molecule has 0 bridgehead atoms. The summed E-state index contributed by atoms with van der Waals surface area (Å²) in [7, 11) is 1.73. The normalized spacial score (nSPS) is 11.6. The summed E-state index contributed by atoms with van der Waals surface area (Å²) in [5.74, 6) is 0.944. The standard InChI is InChI=1S/C15H19NOS/c1-10-9-18-14(16-10)11-7-6-8-12(13(11)17-5)15(2,3)4/h6-9H,1-5H3. The van der Waals surface area contributed by atoms with Gasteiger partial charge in [-0.2, -0.15) is 0 Å². The molecule has 96 valence electrons. The lowest BCUT2D eigenvalue weighted by atomic mass is 9.85. The summed E-state index contributed by atoms with van der Waals surface area (Å²) in [6.07, 6.45) is 0. The van der Waals surface area contributed by atoms with Crippen LogP contribution in [0.5, 0.6) is 5.75 Å². The monoisotopic (exact) mass is 261 g/mol. The molecule has 2 nitrogen and oxygen atoms in total. The number of ether oxygens (including phenoxy) is 1. The van der Waals surface area contributed by atoms with Crippen LogP contribution < -0.4 is 4.74 Å². The molecule has 0 spiro atoms. The van der Waals surface area contributed by atoms with Crippen LogP contribution in [0.4, 0.5) is 0 Å². The maximum Gasteiger partial charge on any atom is 0.132 e. The van der Waals surface area contributed by atoms with Gasteiger partial charge in [-0.05, 0) is 18.4 Å². The molecule has 0 fully saturated rings. The summed E-state index contributed by atoms with van der Waals surface area (Å²) in [5.41, 5.74) is 3.42. The second kappa shape index (κ2) is 4.73. The molecule has 0 atom stereocenters. The minimum absolute atomic E-state index is 0.0632. The fourth-order valence-corrected chi connectivity index (χ4v) is 2.81. The first-order chi connectivity index (χ1) is 8.43. The molecule has 0 saturated carbocycles. The van der Waals surface area contributed by atoms with Crippen LogP contribution in [0.1, 0.15) is 32.0 Å². The third-order valence-corrected chi connectivity index (χ3v) is 3.87. The molecule has 0 aliphatic rings. The number of hydrogen-bond acceptors (Lipinski definition) is 3. The van der Waals surface area contributed by atoms with Crippen LogP contribution in [0.15, 0.2) is 23.6 Å². The van der Waals surface area contributed by atoms with Crippen molar-refractivity contribution in [3.05, 3.63) is 34.8 Å². The molecule has 0 radical (unpaired) electrons. The zero-order chi connectivity index (χ0) is 13.3. The average molecular weight is 261 g/mol. The smallest absolute Gasteiger partial charge is 0.132 e. The fourth-order valence-electron chi connectivity index (χ4n) is 1.99. The van der Waals surface area contributed by atoms with Crippen molar-refractivity contribution in [1.29, 1.82) is 0 Å². The number of aromatic nitrogens is 1. The first kappa shape index (κ1) is 13.1. The van der Waals surface area contributed by atoms with E-state index in [9.17, 15) is 0 Å². The Morgan fingerprint density at radius 3 is 2.44 bits per heavy atom. The third kappa shape index (κ3) is 2.41. The van der Waals surface area contributed by atoms with E-state index in [1.807, 2.05) is 6.92 Å². The molecular weight excluding hydrogens is 242 g/mol. The summed E-state index contributed by atoms with van der Waals surface area (Å²) >= 11 is 1.66. The van der Waals surface area contributed by atoms with E-state index >= 15 is 0 Å². The molecule has 3 heteroatoms.